The Morgan fingerprint density at radius 1 is 1.21 bits per heavy atom. The molecule has 8 heteroatoms. The van der Waals surface area contributed by atoms with Crippen molar-refractivity contribution in [3.8, 4) is 11.6 Å². The SMILES string of the molecule is COc1ccc(CNC(=O)CSc2nncn2-c2ccc(C(C)C)cc2)cn1. The van der Waals surface area contributed by atoms with Gasteiger partial charge in [-0.05, 0) is 29.2 Å². The minimum Gasteiger partial charge on any atom is -0.481 e. The maximum atomic E-state index is 12.2. The number of benzene rings is 1. The predicted molar refractivity (Wildman–Crippen MR) is 109 cm³/mol. The van der Waals surface area contributed by atoms with Crippen LogP contribution in [0.2, 0.25) is 0 Å². The number of nitrogens with zero attached hydrogens (tertiary/aromatic N) is 4. The van der Waals surface area contributed by atoms with Crippen molar-refractivity contribution in [1.29, 1.82) is 0 Å². The van der Waals surface area contributed by atoms with Crippen molar-refractivity contribution in [1.82, 2.24) is 25.1 Å². The molecule has 0 atom stereocenters. The van der Waals surface area contributed by atoms with E-state index in [-0.39, 0.29) is 11.7 Å². The average Bonchev–Trinajstić information content (AvgIpc) is 3.19. The van der Waals surface area contributed by atoms with Crippen molar-refractivity contribution >= 4 is 17.7 Å². The highest BCUT2D eigenvalue weighted by Gasteiger charge is 2.11. The Morgan fingerprint density at radius 3 is 2.64 bits per heavy atom. The van der Waals surface area contributed by atoms with Crippen molar-refractivity contribution in [2.75, 3.05) is 12.9 Å². The Hall–Kier alpha value is -2.87. The molecule has 3 rings (SSSR count). The Balaban J connectivity index is 1.54. The number of carbonyl (C=O) groups is 1. The van der Waals surface area contributed by atoms with Crippen LogP contribution >= 0.6 is 11.8 Å². The fourth-order valence-electron chi connectivity index (χ4n) is 2.54. The molecule has 0 saturated carbocycles. The van der Waals surface area contributed by atoms with Gasteiger partial charge in [0.15, 0.2) is 5.16 Å². The average molecular weight is 398 g/mol. The van der Waals surface area contributed by atoms with Gasteiger partial charge in [0.25, 0.3) is 0 Å². The van der Waals surface area contributed by atoms with E-state index in [0.29, 0.717) is 23.5 Å². The molecule has 3 aromatic rings. The van der Waals surface area contributed by atoms with Crippen LogP contribution in [-0.2, 0) is 11.3 Å². The van der Waals surface area contributed by atoms with Crippen molar-refractivity contribution < 1.29 is 9.53 Å². The lowest BCUT2D eigenvalue weighted by atomic mass is 10.0. The number of hydrogen-bond donors (Lipinski definition) is 1. The summed E-state index contributed by atoms with van der Waals surface area (Å²) in [4.78, 5) is 16.3. The lowest BCUT2D eigenvalue weighted by Gasteiger charge is -2.09. The Morgan fingerprint density at radius 2 is 2.00 bits per heavy atom. The summed E-state index contributed by atoms with van der Waals surface area (Å²) in [6, 6.07) is 11.9. The van der Waals surface area contributed by atoms with E-state index in [2.05, 4.69) is 46.5 Å². The van der Waals surface area contributed by atoms with Gasteiger partial charge in [0.1, 0.15) is 6.33 Å². The number of aromatic nitrogens is 4. The van der Waals surface area contributed by atoms with Gasteiger partial charge in [-0.15, -0.1) is 10.2 Å². The molecule has 0 bridgehead atoms. The van der Waals surface area contributed by atoms with Gasteiger partial charge >= 0.3 is 0 Å². The molecule has 0 fully saturated rings. The maximum Gasteiger partial charge on any atom is 0.230 e. The largest absolute Gasteiger partial charge is 0.481 e. The van der Waals surface area contributed by atoms with Crippen LogP contribution in [-0.4, -0.2) is 38.5 Å². The highest BCUT2D eigenvalue weighted by Crippen LogP contribution is 2.21. The van der Waals surface area contributed by atoms with E-state index < -0.39 is 0 Å². The summed E-state index contributed by atoms with van der Waals surface area (Å²) in [7, 11) is 1.57. The minimum atomic E-state index is -0.0782. The number of thioether (sulfide) groups is 1. The van der Waals surface area contributed by atoms with Gasteiger partial charge in [0.05, 0.1) is 12.9 Å². The number of rotatable bonds is 8. The van der Waals surface area contributed by atoms with E-state index >= 15 is 0 Å². The lowest BCUT2D eigenvalue weighted by Crippen LogP contribution is -2.24. The first-order valence-corrected chi connectivity index (χ1v) is 9.94. The third-order valence-electron chi connectivity index (χ3n) is 4.18. The summed E-state index contributed by atoms with van der Waals surface area (Å²) in [5.74, 6) is 1.21. The number of nitrogens with one attached hydrogen (secondary N) is 1. The van der Waals surface area contributed by atoms with E-state index in [1.807, 2.05) is 22.8 Å². The fraction of sp³-hybridized carbons (Fsp3) is 0.300. The van der Waals surface area contributed by atoms with Crippen LogP contribution < -0.4 is 10.1 Å². The molecule has 146 valence electrons. The molecule has 2 aromatic heterocycles. The van der Waals surface area contributed by atoms with Gasteiger partial charge in [0.2, 0.25) is 11.8 Å². The molecule has 2 heterocycles. The second-order valence-corrected chi connectivity index (χ2v) is 7.45. The van der Waals surface area contributed by atoms with Crippen LogP contribution in [0.15, 0.2) is 54.1 Å². The monoisotopic (exact) mass is 397 g/mol. The first-order valence-electron chi connectivity index (χ1n) is 8.95. The molecule has 1 aromatic carbocycles. The summed E-state index contributed by atoms with van der Waals surface area (Å²) >= 11 is 1.35. The van der Waals surface area contributed by atoms with Crippen LogP contribution in [0.4, 0.5) is 0 Å². The number of hydrogen-bond acceptors (Lipinski definition) is 6. The summed E-state index contributed by atoms with van der Waals surface area (Å²) in [5.41, 5.74) is 3.16. The van der Waals surface area contributed by atoms with E-state index in [9.17, 15) is 4.79 Å². The van der Waals surface area contributed by atoms with E-state index in [0.717, 1.165) is 11.3 Å². The Labute approximate surface area is 168 Å². The zero-order valence-electron chi connectivity index (χ0n) is 16.1. The Bertz CT molecular complexity index is 907. The highest BCUT2D eigenvalue weighted by atomic mass is 32.2. The second kappa shape index (κ2) is 9.36. The number of carbonyl (C=O) groups excluding carboxylic acids is 1. The van der Waals surface area contributed by atoms with Crippen LogP contribution in [0.25, 0.3) is 5.69 Å². The van der Waals surface area contributed by atoms with Gasteiger partial charge in [-0.2, -0.15) is 0 Å². The van der Waals surface area contributed by atoms with Gasteiger partial charge in [0, 0.05) is 24.5 Å². The zero-order valence-corrected chi connectivity index (χ0v) is 16.9. The number of amides is 1. The first kappa shape index (κ1) is 19.9. The third-order valence-corrected chi connectivity index (χ3v) is 5.13. The van der Waals surface area contributed by atoms with E-state index in [1.165, 1.54) is 17.3 Å². The van der Waals surface area contributed by atoms with Crippen LogP contribution in [0, 0.1) is 0 Å². The Kier molecular flexibility index (Phi) is 6.65. The van der Waals surface area contributed by atoms with Crippen molar-refractivity contribution in [2.45, 2.75) is 31.5 Å². The van der Waals surface area contributed by atoms with E-state index in [1.54, 1.807) is 25.7 Å². The van der Waals surface area contributed by atoms with Gasteiger partial charge < -0.3 is 10.1 Å². The smallest absolute Gasteiger partial charge is 0.230 e. The summed E-state index contributed by atoms with van der Waals surface area (Å²) in [6.07, 6.45) is 3.34. The molecule has 28 heavy (non-hydrogen) atoms. The molecule has 0 aliphatic carbocycles. The molecule has 1 amide bonds. The van der Waals surface area contributed by atoms with Gasteiger partial charge in [-0.3, -0.25) is 9.36 Å². The van der Waals surface area contributed by atoms with Crippen LogP contribution in [0.5, 0.6) is 5.88 Å². The summed E-state index contributed by atoms with van der Waals surface area (Å²) in [5, 5.41) is 11.7. The quantitative estimate of drug-likeness (QED) is 0.588. The van der Waals surface area contributed by atoms with Gasteiger partial charge in [-0.25, -0.2) is 4.98 Å². The van der Waals surface area contributed by atoms with Gasteiger partial charge in [-0.1, -0.05) is 43.8 Å². The van der Waals surface area contributed by atoms with Crippen molar-refractivity contribution in [2.24, 2.45) is 0 Å². The molecule has 0 saturated heterocycles. The van der Waals surface area contributed by atoms with Crippen LogP contribution in [0.3, 0.4) is 0 Å². The molecule has 0 aliphatic rings. The molecule has 1 N–H and O–H groups in total. The molecule has 7 nitrogen and oxygen atoms in total. The summed E-state index contributed by atoms with van der Waals surface area (Å²) < 4.78 is 6.91. The molecular weight excluding hydrogens is 374 g/mol. The van der Waals surface area contributed by atoms with E-state index in [4.69, 9.17) is 4.74 Å². The topological polar surface area (TPSA) is 81.9 Å². The second-order valence-electron chi connectivity index (χ2n) is 6.50. The minimum absolute atomic E-state index is 0.0782. The number of pyridine rings is 1. The molecule has 0 spiro atoms. The van der Waals surface area contributed by atoms with Crippen molar-refractivity contribution in [3.63, 3.8) is 0 Å². The highest BCUT2D eigenvalue weighted by molar-refractivity contribution is 7.99. The van der Waals surface area contributed by atoms with Crippen molar-refractivity contribution in [3.05, 3.63) is 60.0 Å². The number of methoxy groups -OCH3 is 1. The standard InChI is InChI=1S/C20H23N5O2S/c1-14(2)16-5-7-17(8-6-16)25-13-23-24-20(25)28-12-18(26)21-10-15-4-9-19(27-3)22-11-15/h4-9,11,13-14H,10,12H2,1-3H3,(H,21,26). The molecule has 0 unspecified atom stereocenters. The van der Waals surface area contributed by atoms with Crippen LogP contribution in [0.1, 0.15) is 30.9 Å². The molecule has 0 aliphatic heterocycles. The molecule has 0 radical (unpaired) electrons. The summed E-state index contributed by atoms with van der Waals surface area (Å²) in [6.45, 7) is 4.74. The predicted octanol–water partition coefficient (Wildman–Crippen LogP) is 3.20. The molecular formula is C20H23N5O2S. The number of ether oxygens (including phenoxy) is 1. The fourth-order valence-corrected chi connectivity index (χ4v) is 3.30. The normalized spacial score (nSPS) is 10.9. The zero-order chi connectivity index (χ0) is 19.9. The first-order chi connectivity index (χ1) is 13.6. The third kappa shape index (κ3) is 5.10. The lowest BCUT2D eigenvalue weighted by molar-refractivity contribution is -0.118. The maximum absolute atomic E-state index is 12.2.